The van der Waals surface area contributed by atoms with Gasteiger partial charge >= 0.3 is 5.97 Å². The summed E-state index contributed by atoms with van der Waals surface area (Å²) in [6.45, 7) is 4.74. The lowest BCUT2D eigenvalue weighted by molar-refractivity contribution is -0.140. The third-order valence-electron chi connectivity index (χ3n) is 3.09. The standard InChI is InChI=1S/C17H20BrNO3/c1-3-21-9-10-22-17(20)16(12-19)13(2)7-8-14-5-4-6-15(18)11-14/h4-6,11H,3,7-10H2,1-2H3/b16-13-. The highest BCUT2D eigenvalue weighted by molar-refractivity contribution is 9.10. The molecular weight excluding hydrogens is 346 g/mol. The molecule has 1 aromatic carbocycles. The van der Waals surface area contributed by atoms with Gasteiger partial charge in [-0.05, 0) is 50.0 Å². The molecule has 0 amide bonds. The molecule has 4 nitrogen and oxygen atoms in total. The highest BCUT2D eigenvalue weighted by Crippen LogP contribution is 2.17. The number of halogens is 1. The Bertz CT molecular complexity index is 576. The van der Waals surface area contributed by atoms with E-state index in [1.807, 2.05) is 37.3 Å². The molecule has 0 spiro atoms. The maximum Gasteiger partial charge on any atom is 0.348 e. The van der Waals surface area contributed by atoms with Crippen LogP contribution >= 0.6 is 15.9 Å². The third-order valence-corrected chi connectivity index (χ3v) is 3.58. The van der Waals surface area contributed by atoms with Crippen LogP contribution in [0.2, 0.25) is 0 Å². The van der Waals surface area contributed by atoms with Gasteiger partial charge in [-0.1, -0.05) is 28.1 Å². The molecule has 0 fully saturated rings. The summed E-state index contributed by atoms with van der Waals surface area (Å²) in [4.78, 5) is 11.9. The molecule has 1 aromatic rings. The molecule has 0 N–H and O–H groups in total. The van der Waals surface area contributed by atoms with Gasteiger partial charge in [-0.3, -0.25) is 0 Å². The number of carbonyl (C=O) groups excluding carboxylic acids is 1. The lowest BCUT2D eigenvalue weighted by Gasteiger charge is -2.07. The first-order chi connectivity index (χ1) is 10.6. The van der Waals surface area contributed by atoms with E-state index >= 15 is 0 Å². The van der Waals surface area contributed by atoms with E-state index in [9.17, 15) is 4.79 Å². The van der Waals surface area contributed by atoms with E-state index in [0.717, 1.165) is 22.0 Å². The van der Waals surface area contributed by atoms with Crippen molar-refractivity contribution >= 4 is 21.9 Å². The van der Waals surface area contributed by atoms with Gasteiger partial charge in [0.25, 0.3) is 0 Å². The molecule has 0 radical (unpaired) electrons. The second kappa shape index (κ2) is 10.1. The normalized spacial score (nSPS) is 11.5. The summed E-state index contributed by atoms with van der Waals surface area (Å²) < 4.78 is 11.1. The van der Waals surface area contributed by atoms with Crippen molar-refractivity contribution < 1.29 is 14.3 Å². The lowest BCUT2D eigenvalue weighted by atomic mass is 10.0. The van der Waals surface area contributed by atoms with E-state index < -0.39 is 5.97 Å². The first-order valence-electron chi connectivity index (χ1n) is 7.17. The Kier molecular flexibility index (Phi) is 8.49. The van der Waals surface area contributed by atoms with Crippen LogP contribution in [-0.2, 0) is 20.7 Å². The minimum Gasteiger partial charge on any atom is -0.459 e. The third kappa shape index (κ3) is 6.42. The number of aryl methyl sites for hydroxylation is 1. The van der Waals surface area contributed by atoms with Gasteiger partial charge in [0.2, 0.25) is 0 Å². The zero-order valence-corrected chi connectivity index (χ0v) is 14.5. The van der Waals surface area contributed by atoms with Crippen LogP contribution in [0.4, 0.5) is 0 Å². The van der Waals surface area contributed by atoms with Crippen LogP contribution in [0.15, 0.2) is 39.9 Å². The number of esters is 1. The summed E-state index contributed by atoms with van der Waals surface area (Å²) in [5.74, 6) is -0.575. The van der Waals surface area contributed by atoms with Crippen LogP contribution in [0.5, 0.6) is 0 Å². The van der Waals surface area contributed by atoms with Gasteiger partial charge in [-0.15, -0.1) is 0 Å². The fourth-order valence-corrected chi connectivity index (χ4v) is 2.32. The Morgan fingerprint density at radius 2 is 2.14 bits per heavy atom. The Morgan fingerprint density at radius 1 is 1.36 bits per heavy atom. The topological polar surface area (TPSA) is 59.3 Å². The van der Waals surface area contributed by atoms with Gasteiger partial charge in [0.1, 0.15) is 18.2 Å². The number of benzene rings is 1. The summed E-state index contributed by atoms with van der Waals surface area (Å²) in [5.41, 5.74) is 1.98. The van der Waals surface area contributed by atoms with Gasteiger partial charge in [0, 0.05) is 11.1 Å². The van der Waals surface area contributed by atoms with Crippen molar-refractivity contribution in [3.8, 4) is 6.07 Å². The van der Waals surface area contributed by atoms with Gasteiger partial charge in [-0.25, -0.2) is 4.79 Å². The van der Waals surface area contributed by atoms with Crippen molar-refractivity contribution in [2.45, 2.75) is 26.7 Å². The average molecular weight is 366 g/mol. The number of hydrogen-bond acceptors (Lipinski definition) is 4. The molecule has 118 valence electrons. The summed E-state index contributed by atoms with van der Waals surface area (Å²) in [7, 11) is 0. The molecule has 0 aliphatic rings. The monoisotopic (exact) mass is 365 g/mol. The fourth-order valence-electron chi connectivity index (χ4n) is 1.87. The van der Waals surface area contributed by atoms with Crippen molar-refractivity contribution in [3.63, 3.8) is 0 Å². The number of allylic oxidation sites excluding steroid dienone is 1. The molecule has 0 aromatic heterocycles. The van der Waals surface area contributed by atoms with Gasteiger partial charge in [0.15, 0.2) is 0 Å². The van der Waals surface area contributed by atoms with Gasteiger partial charge < -0.3 is 9.47 Å². The van der Waals surface area contributed by atoms with Gasteiger partial charge in [-0.2, -0.15) is 5.26 Å². The zero-order valence-electron chi connectivity index (χ0n) is 12.9. The Balaban J connectivity index is 2.60. The van der Waals surface area contributed by atoms with E-state index in [2.05, 4.69) is 15.9 Å². The molecule has 0 unspecified atom stereocenters. The Hall–Kier alpha value is -1.64. The number of nitriles is 1. The number of rotatable bonds is 8. The molecule has 0 aliphatic heterocycles. The SMILES string of the molecule is CCOCCOC(=O)/C(C#N)=C(/C)CCc1cccc(Br)c1. The smallest absolute Gasteiger partial charge is 0.348 e. The molecule has 0 aliphatic carbocycles. The fraction of sp³-hybridized carbons (Fsp3) is 0.412. The first-order valence-corrected chi connectivity index (χ1v) is 7.97. The number of hydrogen-bond donors (Lipinski definition) is 0. The molecule has 1 rings (SSSR count). The largest absolute Gasteiger partial charge is 0.459 e. The second-order valence-electron chi connectivity index (χ2n) is 4.73. The average Bonchev–Trinajstić information content (AvgIpc) is 2.50. The highest BCUT2D eigenvalue weighted by atomic mass is 79.9. The minimum absolute atomic E-state index is 0.0893. The molecular formula is C17H20BrNO3. The molecule has 0 saturated carbocycles. The van der Waals surface area contributed by atoms with E-state index in [1.54, 1.807) is 6.92 Å². The predicted molar refractivity (Wildman–Crippen MR) is 88.2 cm³/mol. The number of nitrogens with zero attached hydrogens (tertiary/aromatic N) is 1. The first kappa shape index (κ1) is 18.4. The quantitative estimate of drug-likeness (QED) is 0.304. The number of carbonyl (C=O) groups is 1. The number of ether oxygens (including phenoxy) is 2. The van der Waals surface area contributed by atoms with Crippen molar-refractivity contribution in [1.82, 2.24) is 0 Å². The van der Waals surface area contributed by atoms with Crippen molar-refractivity contribution in [1.29, 1.82) is 5.26 Å². The van der Waals surface area contributed by atoms with E-state index in [1.165, 1.54) is 0 Å². The maximum atomic E-state index is 11.9. The van der Waals surface area contributed by atoms with Crippen molar-refractivity contribution in [2.24, 2.45) is 0 Å². The molecule has 0 saturated heterocycles. The summed E-state index contributed by atoms with van der Waals surface area (Å²) in [6.07, 6.45) is 1.41. The Morgan fingerprint density at radius 3 is 2.77 bits per heavy atom. The van der Waals surface area contributed by atoms with Crippen molar-refractivity contribution in [3.05, 3.63) is 45.4 Å². The lowest BCUT2D eigenvalue weighted by Crippen LogP contribution is -2.13. The van der Waals surface area contributed by atoms with Crippen molar-refractivity contribution in [2.75, 3.05) is 19.8 Å². The molecule has 5 heteroatoms. The summed E-state index contributed by atoms with van der Waals surface area (Å²) in [6, 6.07) is 9.92. The molecule has 0 bridgehead atoms. The zero-order chi connectivity index (χ0) is 16.4. The van der Waals surface area contributed by atoms with Crippen LogP contribution in [0.1, 0.15) is 25.8 Å². The van der Waals surface area contributed by atoms with Crippen LogP contribution < -0.4 is 0 Å². The highest BCUT2D eigenvalue weighted by Gasteiger charge is 2.14. The molecule has 22 heavy (non-hydrogen) atoms. The minimum atomic E-state index is -0.575. The summed E-state index contributed by atoms with van der Waals surface area (Å²) >= 11 is 3.43. The molecule has 0 atom stereocenters. The van der Waals surface area contributed by atoms with Crippen LogP contribution in [0.25, 0.3) is 0 Å². The Labute approximate surface area is 139 Å². The van der Waals surface area contributed by atoms with Gasteiger partial charge in [0.05, 0.1) is 6.61 Å². The second-order valence-corrected chi connectivity index (χ2v) is 5.65. The van der Waals surface area contributed by atoms with Crippen LogP contribution in [0.3, 0.4) is 0 Å². The van der Waals surface area contributed by atoms with Crippen LogP contribution in [-0.4, -0.2) is 25.8 Å². The maximum absolute atomic E-state index is 11.9. The predicted octanol–water partition coefficient (Wildman–Crippen LogP) is 3.80. The van der Waals surface area contributed by atoms with E-state index in [0.29, 0.717) is 19.6 Å². The summed E-state index contributed by atoms with van der Waals surface area (Å²) in [5, 5.41) is 9.16. The van der Waals surface area contributed by atoms with E-state index in [4.69, 9.17) is 14.7 Å². The van der Waals surface area contributed by atoms with Crippen LogP contribution in [0, 0.1) is 11.3 Å². The molecule has 0 heterocycles. The van der Waals surface area contributed by atoms with E-state index in [-0.39, 0.29) is 12.2 Å².